The summed E-state index contributed by atoms with van der Waals surface area (Å²) < 4.78 is 33.7. The number of benzene rings is 4. The van der Waals surface area contributed by atoms with Crippen LogP contribution in [0.25, 0.3) is 21.7 Å². The van der Waals surface area contributed by atoms with Gasteiger partial charge >= 0.3 is 0 Å². The van der Waals surface area contributed by atoms with Gasteiger partial charge < -0.3 is 15.0 Å². The second-order valence-corrected chi connectivity index (χ2v) is 12.6. The Labute approximate surface area is 255 Å². The molecule has 3 N–H and O–H groups in total. The van der Waals surface area contributed by atoms with Gasteiger partial charge in [-0.15, -0.1) is 0 Å². The van der Waals surface area contributed by atoms with Gasteiger partial charge in [-0.1, -0.05) is 60.1 Å². The highest BCUT2D eigenvalue weighted by Crippen LogP contribution is 2.27. The highest BCUT2D eigenvalue weighted by Gasteiger charge is 2.22. The third-order valence-electron chi connectivity index (χ3n) is 7.21. The number of ether oxygens (including phenoxy) is 1. The number of carbonyl (C=O) groups excluding carboxylic acids is 2. The van der Waals surface area contributed by atoms with Crippen molar-refractivity contribution in [1.29, 1.82) is 0 Å². The molecule has 0 atom stereocenters. The van der Waals surface area contributed by atoms with Gasteiger partial charge in [-0.3, -0.25) is 9.59 Å². The minimum atomic E-state index is -4.04. The van der Waals surface area contributed by atoms with Gasteiger partial charge in [-0.2, -0.15) is 0 Å². The number of aromatic nitrogens is 1. The smallest absolute Gasteiger partial charge is 0.281 e. The second kappa shape index (κ2) is 12.9. The van der Waals surface area contributed by atoms with E-state index in [4.69, 9.17) is 16.3 Å². The van der Waals surface area contributed by atoms with Gasteiger partial charge in [0.2, 0.25) is 10.0 Å². The number of hydrogen-bond acceptors (Lipinski definition) is 5. The predicted molar refractivity (Wildman–Crippen MR) is 171 cm³/mol. The van der Waals surface area contributed by atoms with E-state index < -0.39 is 27.6 Å². The number of fused-ring (bicyclic) bond motifs is 2. The Hall–Kier alpha value is -4.34. The lowest BCUT2D eigenvalue weighted by Gasteiger charge is -2.11. The van der Waals surface area contributed by atoms with Crippen LogP contribution in [0.3, 0.4) is 0 Å². The summed E-state index contributed by atoms with van der Waals surface area (Å²) in [5, 5.41) is 6.08. The van der Waals surface area contributed by atoms with Crippen LogP contribution in [0.2, 0.25) is 5.02 Å². The molecular formula is C33H32ClN3O5S. The Morgan fingerprint density at radius 3 is 2.35 bits per heavy atom. The maximum Gasteiger partial charge on any atom is 0.281 e. The fourth-order valence-electron chi connectivity index (χ4n) is 5.06. The molecular weight excluding hydrogens is 586 g/mol. The largest absolute Gasteiger partial charge is 0.494 e. The Bertz CT molecular complexity index is 1910. The van der Waals surface area contributed by atoms with Crippen molar-refractivity contribution in [2.45, 2.75) is 26.7 Å². The van der Waals surface area contributed by atoms with Gasteiger partial charge in [0.15, 0.2) is 0 Å². The Morgan fingerprint density at radius 2 is 1.58 bits per heavy atom. The molecule has 1 aromatic heterocycles. The average molecular weight is 618 g/mol. The molecule has 0 saturated carbocycles. The van der Waals surface area contributed by atoms with Crippen LogP contribution in [0, 0.1) is 13.8 Å². The fourth-order valence-corrected chi connectivity index (χ4v) is 6.02. The van der Waals surface area contributed by atoms with E-state index >= 15 is 0 Å². The van der Waals surface area contributed by atoms with Crippen LogP contribution >= 0.6 is 11.6 Å². The van der Waals surface area contributed by atoms with Crippen LogP contribution in [-0.4, -0.2) is 44.1 Å². The van der Waals surface area contributed by atoms with Crippen LogP contribution < -0.4 is 14.8 Å². The van der Waals surface area contributed by atoms with Gasteiger partial charge in [0, 0.05) is 28.0 Å². The predicted octanol–water partition coefficient (Wildman–Crippen LogP) is 6.09. The Kier molecular flexibility index (Phi) is 9.03. The lowest BCUT2D eigenvalue weighted by Crippen LogP contribution is -2.37. The summed E-state index contributed by atoms with van der Waals surface area (Å²) in [4.78, 5) is 28.9. The maximum absolute atomic E-state index is 13.2. The number of rotatable bonds is 11. The van der Waals surface area contributed by atoms with Crippen molar-refractivity contribution in [1.82, 2.24) is 15.0 Å². The molecule has 0 radical (unpaired) electrons. The molecule has 43 heavy (non-hydrogen) atoms. The van der Waals surface area contributed by atoms with Crippen LogP contribution in [0.1, 0.15) is 44.0 Å². The zero-order chi connectivity index (χ0) is 30.6. The van der Waals surface area contributed by atoms with Gasteiger partial charge in [0.05, 0.1) is 12.4 Å². The summed E-state index contributed by atoms with van der Waals surface area (Å²) in [7, 11) is -4.04. The van der Waals surface area contributed by atoms with Crippen molar-refractivity contribution in [3.05, 3.63) is 112 Å². The monoisotopic (exact) mass is 617 g/mol. The third kappa shape index (κ3) is 7.18. The standard InChI is InChI=1S/C33H32ClN3O5S/c1-21-18-26(19-22(2)30(21)34)42-16-7-11-28-27-10-5-6-12-29(27)36-31(28)33(39)37-43(40,41)17-15-35-32(38)25-14-13-23-8-3-4-9-24(23)20-25/h3-6,8-10,12-14,18-20,36H,7,11,15-17H2,1-2H3,(H,35,38)(H,37,39). The van der Waals surface area contributed by atoms with Crippen LogP contribution in [-0.2, 0) is 16.4 Å². The topological polar surface area (TPSA) is 117 Å². The quantitative estimate of drug-likeness (QED) is 0.155. The van der Waals surface area contributed by atoms with E-state index in [-0.39, 0.29) is 12.2 Å². The molecule has 5 aromatic rings. The molecule has 0 aliphatic carbocycles. The number of aromatic amines is 1. The van der Waals surface area contributed by atoms with Crippen LogP contribution in [0.4, 0.5) is 0 Å². The van der Waals surface area contributed by atoms with Crippen molar-refractivity contribution < 1.29 is 22.7 Å². The van der Waals surface area contributed by atoms with E-state index in [9.17, 15) is 18.0 Å². The number of aryl methyl sites for hydroxylation is 3. The molecule has 8 nitrogen and oxygen atoms in total. The average Bonchev–Trinajstić information content (AvgIpc) is 3.36. The zero-order valence-corrected chi connectivity index (χ0v) is 25.4. The van der Waals surface area contributed by atoms with Gasteiger partial charge in [0.25, 0.3) is 11.8 Å². The van der Waals surface area contributed by atoms with Gasteiger partial charge in [-0.05, 0) is 84.5 Å². The molecule has 222 valence electrons. The zero-order valence-electron chi connectivity index (χ0n) is 23.9. The summed E-state index contributed by atoms with van der Waals surface area (Å²) in [6, 6.07) is 24.1. The molecule has 0 spiro atoms. The number of nitrogens with one attached hydrogen (secondary N) is 3. The summed E-state index contributed by atoms with van der Waals surface area (Å²) in [5.74, 6) is -0.884. The molecule has 0 saturated heterocycles. The summed E-state index contributed by atoms with van der Waals surface area (Å²) in [6.07, 6.45) is 1.08. The first-order chi connectivity index (χ1) is 20.6. The summed E-state index contributed by atoms with van der Waals surface area (Å²) in [6.45, 7) is 4.09. The molecule has 0 fully saturated rings. The molecule has 0 bridgehead atoms. The maximum atomic E-state index is 13.2. The van der Waals surface area contributed by atoms with E-state index in [0.717, 1.165) is 38.6 Å². The normalized spacial score (nSPS) is 11.5. The number of para-hydroxylation sites is 1. The Balaban J connectivity index is 1.20. The first kappa shape index (κ1) is 30.1. The SMILES string of the molecule is Cc1cc(OCCCc2c(C(=O)NS(=O)(=O)CCNC(=O)c3ccc4ccccc4c3)[nH]c3ccccc23)cc(C)c1Cl. The minimum absolute atomic E-state index is 0.158. The number of carbonyl (C=O) groups is 2. The van der Waals surface area contributed by atoms with Crippen molar-refractivity contribution >= 4 is 55.1 Å². The van der Waals surface area contributed by atoms with Crippen LogP contribution in [0.5, 0.6) is 5.75 Å². The number of hydrogen-bond donors (Lipinski definition) is 3. The van der Waals surface area contributed by atoms with Crippen molar-refractivity contribution in [2.75, 3.05) is 18.9 Å². The lowest BCUT2D eigenvalue weighted by atomic mass is 10.1. The summed E-state index contributed by atoms with van der Waals surface area (Å²) in [5.41, 5.74) is 3.91. The number of H-pyrrole nitrogens is 1. The van der Waals surface area contributed by atoms with Crippen LogP contribution in [0.15, 0.2) is 78.9 Å². The minimum Gasteiger partial charge on any atom is -0.494 e. The highest BCUT2D eigenvalue weighted by molar-refractivity contribution is 7.90. The molecule has 0 aliphatic heterocycles. The number of amides is 2. The van der Waals surface area contributed by atoms with Crippen molar-refractivity contribution in [2.24, 2.45) is 0 Å². The summed E-state index contributed by atoms with van der Waals surface area (Å²) >= 11 is 6.25. The van der Waals surface area contributed by atoms with Gasteiger partial charge in [0.1, 0.15) is 11.4 Å². The van der Waals surface area contributed by atoms with Crippen molar-refractivity contribution in [3.63, 3.8) is 0 Å². The highest BCUT2D eigenvalue weighted by atomic mass is 35.5. The third-order valence-corrected chi connectivity index (χ3v) is 9.04. The Morgan fingerprint density at radius 1 is 0.884 bits per heavy atom. The number of sulfonamides is 1. The lowest BCUT2D eigenvalue weighted by molar-refractivity contribution is 0.0954. The first-order valence-corrected chi connectivity index (χ1v) is 16.0. The molecule has 0 unspecified atom stereocenters. The first-order valence-electron chi connectivity index (χ1n) is 13.9. The second-order valence-electron chi connectivity index (χ2n) is 10.4. The fraction of sp³-hybridized carbons (Fsp3) is 0.212. The van der Waals surface area contributed by atoms with E-state index in [1.807, 2.05) is 80.6 Å². The van der Waals surface area contributed by atoms with E-state index in [2.05, 4.69) is 15.0 Å². The van der Waals surface area contributed by atoms with E-state index in [1.54, 1.807) is 12.1 Å². The molecule has 0 aliphatic rings. The van der Waals surface area contributed by atoms with E-state index in [0.29, 0.717) is 35.6 Å². The molecule has 2 amide bonds. The van der Waals surface area contributed by atoms with E-state index in [1.165, 1.54) is 0 Å². The molecule has 1 heterocycles. The number of halogens is 1. The molecule has 4 aromatic carbocycles. The molecule has 10 heteroatoms. The molecule has 5 rings (SSSR count). The van der Waals surface area contributed by atoms with Gasteiger partial charge in [-0.25, -0.2) is 13.1 Å². The van der Waals surface area contributed by atoms with Crippen molar-refractivity contribution in [3.8, 4) is 5.75 Å².